The van der Waals surface area contributed by atoms with Crippen molar-refractivity contribution in [2.24, 2.45) is 0 Å². The van der Waals surface area contributed by atoms with Crippen molar-refractivity contribution in [3.8, 4) is 17.2 Å². The van der Waals surface area contributed by atoms with Gasteiger partial charge in [0, 0.05) is 16.8 Å². The number of halogens is 2. The minimum atomic E-state index is -4.29. The minimum absolute atomic E-state index is 0.0511. The summed E-state index contributed by atoms with van der Waals surface area (Å²) >= 11 is 6.10. The van der Waals surface area contributed by atoms with E-state index in [-0.39, 0.29) is 28.1 Å². The Hall–Kier alpha value is -3.50. The molecule has 0 unspecified atom stereocenters. The molecule has 0 fully saturated rings. The molecule has 0 bridgehead atoms. The lowest BCUT2D eigenvalue weighted by atomic mass is 10.2. The maximum absolute atomic E-state index is 13.5. The molecule has 0 aromatic heterocycles. The lowest BCUT2D eigenvalue weighted by Crippen LogP contribution is -2.38. The molecule has 1 aliphatic rings. The zero-order valence-electron chi connectivity index (χ0n) is 17.2. The monoisotopic (exact) mass is 492 g/mol. The van der Waals surface area contributed by atoms with Crippen molar-refractivity contribution in [2.45, 2.75) is 4.90 Å². The van der Waals surface area contributed by atoms with Crippen LogP contribution >= 0.6 is 11.6 Å². The zero-order chi connectivity index (χ0) is 23.6. The standard InChI is InChI=1S/C22H18ClFN2O6S/c1-30-19-8-2-14(23)10-18(19)26(33(28,29)17-6-3-15(24)4-7-17)12-22(27)25-16-5-9-20-21(11-16)32-13-31-20/h2-11H,12-13H2,1H3,(H,25,27). The number of carbonyl (C=O) groups excluding carboxylic acids is 1. The predicted molar refractivity (Wildman–Crippen MR) is 120 cm³/mol. The quantitative estimate of drug-likeness (QED) is 0.534. The van der Waals surface area contributed by atoms with Crippen LogP contribution in [-0.2, 0) is 14.8 Å². The topological polar surface area (TPSA) is 94.2 Å². The van der Waals surface area contributed by atoms with E-state index in [0.29, 0.717) is 17.2 Å². The summed E-state index contributed by atoms with van der Waals surface area (Å²) in [5.74, 6) is -0.0544. The summed E-state index contributed by atoms with van der Waals surface area (Å²) < 4.78 is 57.0. The van der Waals surface area contributed by atoms with E-state index in [1.165, 1.54) is 25.3 Å². The number of hydrogen-bond acceptors (Lipinski definition) is 6. The molecule has 0 radical (unpaired) electrons. The average molecular weight is 493 g/mol. The van der Waals surface area contributed by atoms with Crippen LogP contribution in [0.1, 0.15) is 0 Å². The summed E-state index contributed by atoms with van der Waals surface area (Å²) in [6.07, 6.45) is 0. The van der Waals surface area contributed by atoms with Crippen LogP contribution in [0.25, 0.3) is 0 Å². The second-order valence-electron chi connectivity index (χ2n) is 6.90. The van der Waals surface area contributed by atoms with Crippen molar-refractivity contribution in [3.05, 3.63) is 71.5 Å². The molecule has 0 saturated carbocycles. The second-order valence-corrected chi connectivity index (χ2v) is 9.20. The van der Waals surface area contributed by atoms with Crippen molar-refractivity contribution in [1.29, 1.82) is 0 Å². The largest absolute Gasteiger partial charge is 0.495 e. The number of nitrogens with zero attached hydrogens (tertiary/aromatic N) is 1. The van der Waals surface area contributed by atoms with Crippen molar-refractivity contribution < 1.29 is 31.8 Å². The first-order valence-electron chi connectivity index (χ1n) is 9.59. The van der Waals surface area contributed by atoms with Gasteiger partial charge in [-0.05, 0) is 54.6 Å². The number of benzene rings is 3. The number of fused-ring (bicyclic) bond motifs is 1. The smallest absolute Gasteiger partial charge is 0.264 e. The highest BCUT2D eigenvalue weighted by Crippen LogP contribution is 2.36. The van der Waals surface area contributed by atoms with Crippen LogP contribution in [-0.4, -0.2) is 34.8 Å². The molecule has 1 heterocycles. The molecule has 33 heavy (non-hydrogen) atoms. The highest BCUT2D eigenvalue weighted by molar-refractivity contribution is 7.92. The third kappa shape index (κ3) is 4.81. The third-order valence-corrected chi connectivity index (χ3v) is 6.76. The van der Waals surface area contributed by atoms with Gasteiger partial charge in [-0.15, -0.1) is 0 Å². The molecule has 4 rings (SSSR count). The van der Waals surface area contributed by atoms with Gasteiger partial charge >= 0.3 is 0 Å². The highest BCUT2D eigenvalue weighted by atomic mass is 35.5. The average Bonchev–Trinajstić information content (AvgIpc) is 3.25. The number of carbonyl (C=O) groups is 1. The lowest BCUT2D eigenvalue weighted by molar-refractivity contribution is -0.114. The summed E-state index contributed by atoms with van der Waals surface area (Å²) in [7, 11) is -2.93. The number of nitrogens with one attached hydrogen (secondary N) is 1. The van der Waals surface area contributed by atoms with Gasteiger partial charge in [-0.1, -0.05) is 11.6 Å². The van der Waals surface area contributed by atoms with Crippen molar-refractivity contribution >= 4 is 38.9 Å². The Morgan fingerprint density at radius 3 is 2.55 bits per heavy atom. The molecule has 172 valence electrons. The molecule has 1 amide bonds. The fraction of sp³-hybridized carbons (Fsp3) is 0.136. The molecular weight excluding hydrogens is 475 g/mol. The van der Waals surface area contributed by atoms with Crippen LogP contribution in [0.15, 0.2) is 65.6 Å². The van der Waals surface area contributed by atoms with E-state index >= 15 is 0 Å². The molecule has 11 heteroatoms. The van der Waals surface area contributed by atoms with Gasteiger partial charge in [-0.2, -0.15) is 0 Å². The Balaban J connectivity index is 1.69. The lowest BCUT2D eigenvalue weighted by Gasteiger charge is -2.26. The van der Waals surface area contributed by atoms with Gasteiger partial charge in [0.1, 0.15) is 18.1 Å². The number of sulfonamides is 1. The summed E-state index contributed by atoms with van der Waals surface area (Å²) in [6.45, 7) is -0.532. The minimum Gasteiger partial charge on any atom is -0.495 e. The Kier molecular flexibility index (Phi) is 6.30. The first-order chi connectivity index (χ1) is 15.8. The molecule has 0 aliphatic carbocycles. The number of anilines is 2. The normalized spacial score (nSPS) is 12.3. The summed E-state index contributed by atoms with van der Waals surface area (Å²) in [5, 5.41) is 2.88. The molecule has 8 nitrogen and oxygen atoms in total. The molecule has 0 atom stereocenters. The highest BCUT2D eigenvalue weighted by Gasteiger charge is 2.30. The number of hydrogen-bond donors (Lipinski definition) is 1. The Morgan fingerprint density at radius 2 is 1.82 bits per heavy atom. The van der Waals surface area contributed by atoms with E-state index in [1.807, 2.05) is 0 Å². The Morgan fingerprint density at radius 1 is 1.09 bits per heavy atom. The summed E-state index contributed by atoms with van der Waals surface area (Å²) in [5.41, 5.74) is 0.441. The predicted octanol–water partition coefficient (Wildman–Crippen LogP) is 4.05. The fourth-order valence-electron chi connectivity index (χ4n) is 3.20. The van der Waals surface area contributed by atoms with Gasteiger partial charge in [-0.25, -0.2) is 12.8 Å². The second kappa shape index (κ2) is 9.16. The van der Waals surface area contributed by atoms with Gasteiger partial charge in [0.25, 0.3) is 10.0 Å². The van der Waals surface area contributed by atoms with E-state index in [0.717, 1.165) is 28.6 Å². The summed E-state index contributed by atoms with van der Waals surface area (Å²) in [6, 6.07) is 13.5. The Labute approximate surface area is 194 Å². The van der Waals surface area contributed by atoms with Crippen molar-refractivity contribution in [3.63, 3.8) is 0 Å². The summed E-state index contributed by atoms with van der Waals surface area (Å²) in [4.78, 5) is 12.7. The van der Waals surface area contributed by atoms with Crippen LogP contribution in [0.5, 0.6) is 17.2 Å². The maximum atomic E-state index is 13.5. The van der Waals surface area contributed by atoms with Crippen LogP contribution in [0.3, 0.4) is 0 Å². The van der Waals surface area contributed by atoms with Gasteiger partial charge in [0.05, 0.1) is 17.7 Å². The SMILES string of the molecule is COc1ccc(Cl)cc1N(CC(=O)Nc1ccc2c(c1)OCO2)S(=O)(=O)c1ccc(F)cc1. The fourth-order valence-corrected chi connectivity index (χ4v) is 4.79. The third-order valence-electron chi connectivity index (χ3n) is 4.75. The van der Waals surface area contributed by atoms with Gasteiger partial charge in [0.2, 0.25) is 12.7 Å². The van der Waals surface area contributed by atoms with E-state index < -0.39 is 28.3 Å². The molecular formula is C22H18ClFN2O6S. The van der Waals surface area contributed by atoms with Gasteiger partial charge in [-0.3, -0.25) is 9.10 Å². The van der Waals surface area contributed by atoms with Gasteiger partial charge < -0.3 is 19.5 Å². The first-order valence-corrected chi connectivity index (χ1v) is 11.4. The van der Waals surface area contributed by atoms with E-state index in [9.17, 15) is 17.6 Å². The molecule has 1 N–H and O–H groups in total. The number of rotatable bonds is 7. The zero-order valence-corrected chi connectivity index (χ0v) is 18.8. The van der Waals surface area contributed by atoms with Crippen molar-refractivity contribution in [2.75, 3.05) is 30.1 Å². The number of ether oxygens (including phenoxy) is 3. The van der Waals surface area contributed by atoms with Crippen LogP contribution < -0.4 is 23.8 Å². The molecule has 0 spiro atoms. The number of amides is 1. The molecule has 1 aliphatic heterocycles. The molecule has 0 saturated heterocycles. The van der Waals surface area contributed by atoms with Crippen LogP contribution in [0.4, 0.5) is 15.8 Å². The Bertz CT molecular complexity index is 1300. The van der Waals surface area contributed by atoms with Crippen LogP contribution in [0.2, 0.25) is 5.02 Å². The van der Waals surface area contributed by atoms with E-state index in [4.69, 9.17) is 25.8 Å². The van der Waals surface area contributed by atoms with E-state index in [2.05, 4.69) is 5.32 Å². The van der Waals surface area contributed by atoms with E-state index in [1.54, 1.807) is 18.2 Å². The molecule has 3 aromatic rings. The van der Waals surface area contributed by atoms with Crippen LogP contribution in [0, 0.1) is 5.82 Å². The van der Waals surface area contributed by atoms with Gasteiger partial charge in [0.15, 0.2) is 11.5 Å². The number of methoxy groups -OCH3 is 1. The maximum Gasteiger partial charge on any atom is 0.264 e. The molecule has 3 aromatic carbocycles. The first kappa shape index (κ1) is 22.7. The van der Waals surface area contributed by atoms with Crippen molar-refractivity contribution in [1.82, 2.24) is 0 Å².